The van der Waals surface area contributed by atoms with Gasteiger partial charge in [-0.3, -0.25) is 4.98 Å². The Hall–Kier alpha value is -1.88. The molecule has 0 amide bonds. The molecule has 0 fully saturated rings. The maximum Gasteiger partial charge on any atom is 0.178 e. The third kappa shape index (κ3) is 1.78. The van der Waals surface area contributed by atoms with Crippen molar-refractivity contribution in [2.24, 2.45) is 0 Å². The smallest absolute Gasteiger partial charge is 0.178 e. The Morgan fingerprint density at radius 2 is 2.29 bits per heavy atom. The van der Waals surface area contributed by atoms with E-state index in [1.54, 1.807) is 12.4 Å². The number of hydrogen-bond acceptors (Lipinski definition) is 3. The second kappa shape index (κ2) is 3.85. The van der Waals surface area contributed by atoms with Crippen molar-refractivity contribution in [2.75, 3.05) is 0 Å². The van der Waals surface area contributed by atoms with Crippen LogP contribution in [0.5, 0.6) is 0 Å². The lowest BCUT2D eigenvalue weighted by atomic mass is 10.4. The summed E-state index contributed by atoms with van der Waals surface area (Å²) >= 11 is 5.30. The molecule has 3 aromatic rings. The second-order valence-electron chi connectivity index (χ2n) is 3.92. The molecule has 3 aromatic heterocycles. The Balaban J connectivity index is 2.11. The van der Waals surface area contributed by atoms with Gasteiger partial charge in [0.25, 0.3) is 0 Å². The third-order valence-corrected chi connectivity index (χ3v) is 3.01. The Morgan fingerprint density at radius 1 is 1.41 bits per heavy atom. The van der Waals surface area contributed by atoms with Crippen LogP contribution in [0.1, 0.15) is 11.5 Å². The van der Waals surface area contributed by atoms with Gasteiger partial charge in [-0.2, -0.15) is 0 Å². The second-order valence-corrected chi connectivity index (χ2v) is 4.31. The number of H-pyrrole nitrogens is 1. The van der Waals surface area contributed by atoms with Crippen molar-refractivity contribution in [3.05, 3.63) is 46.9 Å². The number of aryl methyl sites for hydroxylation is 1. The number of nitrogens with zero attached hydrogens (tertiary/aromatic N) is 2. The van der Waals surface area contributed by atoms with Crippen molar-refractivity contribution in [1.29, 1.82) is 0 Å². The van der Waals surface area contributed by atoms with Gasteiger partial charge in [0, 0.05) is 6.20 Å². The number of aromatic nitrogens is 3. The predicted molar refractivity (Wildman–Crippen MR) is 67.5 cm³/mol. The zero-order valence-electron chi connectivity index (χ0n) is 9.30. The highest BCUT2D eigenvalue weighted by atomic mass is 32.1. The normalized spacial score (nSPS) is 11.1. The summed E-state index contributed by atoms with van der Waals surface area (Å²) in [6.07, 6.45) is 3.53. The fraction of sp³-hybridized carbons (Fsp3) is 0.167. The molecular formula is C12H11N3OS. The monoisotopic (exact) mass is 245 g/mol. The molecule has 0 radical (unpaired) electrons. The van der Waals surface area contributed by atoms with Crippen molar-refractivity contribution in [1.82, 2.24) is 14.5 Å². The van der Waals surface area contributed by atoms with E-state index in [0.29, 0.717) is 11.3 Å². The molecule has 0 bridgehead atoms. The van der Waals surface area contributed by atoms with Crippen LogP contribution in [0.3, 0.4) is 0 Å². The lowest BCUT2D eigenvalue weighted by Gasteiger charge is -2.01. The minimum atomic E-state index is 0.636. The fourth-order valence-electron chi connectivity index (χ4n) is 1.89. The molecule has 0 spiro atoms. The van der Waals surface area contributed by atoms with Crippen LogP contribution in [0.15, 0.2) is 35.0 Å². The molecule has 4 nitrogen and oxygen atoms in total. The van der Waals surface area contributed by atoms with Gasteiger partial charge in [0.05, 0.1) is 23.8 Å². The van der Waals surface area contributed by atoms with E-state index in [0.717, 1.165) is 22.6 Å². The molecule has 1 N–H and O–H groups in total. The van der Waals surface area contributed by atoms with Crippen molar-refractivity contribution in [3.63, 3.8) is 0 Å². The zero-order valence-corrected chi connectivity index (χ0v) is 10.1. The first-order valence-electron chi connectivity index (χ1n) is 5.32. The quantitative estimate of drug-likeness (QED) is 0.706. The topological polar surface area (TPSA) is 46.8 Å². The highest BCUT2D eigenvalue weighted by Gasteiger charge is 2.06. The zero-order chi connectivity index (χ0) is 11.8. The number of nitrogens with one attached hydrogen (secondary N) is 1. The lowest BCUT2D eigenvalue weighted by molar-refractivity contribution is 0.471. The molecule has 0 unspecified atom stereocenters. The SMILES string of the molecule is Cc1ccc(Cn2c(=S)[nH]c3cnccc32)o1. The fourth-order valence-corrected chi connectivity index (χ4v) is 2.17. The van der Waals surface area contributed by atoms with Crippen molar-refractivity contribution in [2.45, 2.75) is 13.5 Å². The molecule has 0 aliphatic heterocycles. The molecule has 3 heterocycles. The number of rotatable bonds is 2. The van der Waals surface area contributed by atoms with Gasteiger partial charge >= 0.3 is 0 Å². The van der Waals surface area contributed by atoms with E-state index in [9.17, 15) is 0 Å². The summed E-state index contributed by atoms with van der Waals surface area (Å²) in [5.74, 6) is 1.81. The molecule has 0 aromatic carbocycles. The largest absolute Gasteiger partial charge is 0.464 e. The molecule has 0 aliphatic rings. The first kappa shape index (κ1) is 10.3. The van der Waals surface area contributed by atoms with Crippen molar-refractivity contribution in [3.8, 4) is 0 Å². The summed E-state index contributed by atoms with van der Waals surface area (Å²) in [5.41, 5.74) is 1.99. The van der Waals surface area contributed by atoms with E-state index in [4.69, 9.17) is 16.6 Å². The van der Waals surface area contributed by atoms with E-state index in [2.05, 4.69) is 9.97 Å². The first-order chi connectivity index (χ1) is 8.24. The molecule has 0 saturated heterocycles. The minimum Gasteiger partial charge on any atom is -0.464 e. The molecule has 86 valence electrons. The Kier molecular flexibility index (Phi) is 2.33. The summed E-state index contributed by atoms with van der Waals surface area (Å²) in [5, 5.41) is 0. The average Bonchev–Trinajstić information content (AvgIpc) is 2.85. The van der Waals surface area contributed by atoms with Gasteiger partial charge < -0.3 is 14.0 Å². The number of hydrogen-bond donors (Lipinski definition) is 1. The maximum atomic E-state index is 5.56. The molecule has 0 saturated carbocycles. The van der Waals surface area contributed by atoms with Crippen LogP contribution in [0.25, 0.3) is 11.0 Å². The highest BCUT2D eigenvalue weighted by Crippen LogP contribution is 2.15. The number of fused-ring (bicyclic) bond motifs is 1. The Labute approximate surface area is 103 Å². The van der Waals surface area contributed by atoms with Gasteiger partial charge in [-0.15, -0.1) is 0 Å². The van der Waals surface area contributed by atoms with Crippen LogP contribution in [0.4, 0.5) is 0 Å². The van der Waals surface area contributed by atoms with Crippen molar-refractivity contribution >= 4 is 23.3 Å². The van der Waals surface area contributed by atoms with Crippen LogP contribution in [-0.2, 0) is 6.54 Å². The number of aromatic amines is 1. The predicted octanol–water partition coefficient (Wildman–Crippen LogP) is 3.04. The van der Waals surface area contributed by atoms with E-state index >= 15 is 0 Å². The van der Waals surface area contributed by atoms with Gasteiger partial charge in [-0.25, -0.2) is 0 Å². The summed E-state index contributed by atoms with van der Waals surface area (Å²) < 4.78 is 8.25. The first-order valence-corrected chi connectivity index (χ1v) is 5.73. The summed E-state index contributed by atoms with van der Waals surface area (Å²) in [6, 6.07) is 5.86. The van der Waals surface area contributed by atoms with Crippen LogP contribution in [0, 0.1) is 11.7 Å². The maximum absolute atomic E-state index is 5.56. The molecule has 0 aliphatic carbocycles. The minimum absolute atomic E-state index is 0.636. The van der Waals surface area contributed by atoms with E-state index in [1.807, 2.05) is 29.7 Å². The third-order valence-electron chi connectivity index (χ3n) is 2.69. The highest BCUT2D eigenvalue weighted by molar-refractivity contribution is 7.71. The summed E-state index contributed by atoms with van der Waals surface area (Å²) in [6.45, 7) is 2.57. The van der Waals surface area contributed by atoms with E-state index in [-0.39, 0.29) is 0 Å². The van der Waals surface area contributed by atoms with Gasteiger partial charge in [-0.1, -0.05) is 0 Å². The van der Waals surface area contributed by atoms with Gasteiger partial charge in [0.15, 0.2) is 4.77 Å². The molecule has 5 heteroatoms. The molecule has 3 rings (SSSR count). The van der Waals surface area contributed by atoms with E-state index in [1.165, 1.54) is 0 Å². The van der Waals surface area contributed by atoms with Gasteiger partial charge in [0.2, 0.25) is 0 Å². The molecule has 17 heavy (non-hydrogen) atoms. The van der Waals surface area contributed by atoms with E-state index < -0.39 is 0 Å². The van der Waals surface area contributed by atoms with Crippen LogP contribution in [-0.4, -0.2) is 14.5 Å². The van der Waals surface area contributed by atoms with Crippen molar-refractivity contribution < 1.29 is 4.42 Å². The molecule has 0 atom stereocenters. The van der Waals surface area contributed by atoms with Crippen LogP contribution in [0.2, 0.25) is 0 Å². The number of furan rings is 1. The number of pyridine rings is 1. The lowest BCUT2D eigenvalue weighted by Crippen LogP contribution is -1.98. The van der Waals surface area contributed by atoms with Gasteiger partial charge in [-0.05, 0) is 37.3 Å². The average molecular weight is 245 g/mol. The van der Waals surface area contributed by atoms with Gasteiger partial charge in [0.1, 0.15) is 11.5 Å². The Bertz CT molecular complexity index is 723. The Morgan fingerprint density at radius 3 is 3.06 bits per heavy atom. The summed E-state index contributed by atoms with van der Waals surface area (Å²) in [4.78, 5) is 7.19. The standard InChI is InChI=1S/C12H11N3OS/c1-8-2-3-9(16-8)7-15-11-4-5-13-6-10(11)14-12(15)17/h2-6H,7H2,1H3,(H,14,17). The number of imidazole rings is 1. The molecular weight excluding hydrogens is 234 g/mol. The van der Waals surface area contributed by atoms with Crippen LogP contribution < -0.4 is 0 Å². The summed E-state index contributed by atoms with van der Waals surface area (Å²) in [7, 11) is 0. The van der Waals surface area contributed by atoms with Crippen LogP contribution >= 0.6 is 12.2 Å².